The van der Waals surface area contributed by atoms with E-state index in [0.717, 1.165) is 17.7 Å². The van der Waals surface area contributed by atoms with Crippen molar-refractivity contribution in [2.24, 2.45) is 0 Å². The van der Waals surface area contributed by atoms with Crippen LogP contribution in [0.25, 0.3) is 11.3 Å². The predicted octanol–water partition coefficient (Wildman–Crippen LogP) is 5.19. The SMILES string of the molecule is COc1ccc(CN(C)S(=O)(=O)c2cnc(NCc3ccc(C(F)(F)F)cc3)c(-c3cn4c(n3)O[C@H](C)C4)c2)cc1. The van der Waals surface area contributed by atoms with E-state index in [0.29, 0.717) is 40.9 Å². The molecule has 0 saturated heterocycles. The molecule has 1 aliphatic heterocycles. The molecule has 0 radical (unpaired) electrons. The Kier molecular flexibility index (Phi) is 7.66. The topological polar surface area (TPSA) is 98.6 Å². The first kappa shape index (κ1) is 28.4. The van der Waals surface area contributed by atoms with E-state index in [1.807, 2.05) is 11.5 Å². The molecule has 0 aliphatic carbocycles. The van der Waals surface area contributed by atoms with E-state index in [2.05, 4.69) is 15.3 Å². The molecule has 0 bridgehead atoms. The van der Waals surface area contributed by atoms with Crippen LogP contribution < -0.4 is 14.8 Å². The molecule has 0 unspecified atom stereocenters. The molecule has 2 aromatic heterocycles. The van der Waals surface area contributed by atoms with Crippen LogP contribution in [0.4, 0.5) is 19.0 Å². The van der Waals surface area contributed by atoms with Crippen LogP contribution in [0.5, 0.6) is 11.8 Å². The number of ether oxygens (including phenoxy) is 2. The van der Waals surface area contributed by atoms with Gasteiger partial charge in [0.2, 0.25) is 10.0 Å². The minimum Gasteiger partial charge on any atom is -0.497 e. The van der Waals surface area contributed by atoms with Crippen molar-refractivity contribution in [1.29, 1.82) is 0 Å². The Hall–Kier alpha value is -4.10. The Morgan fingerprint density at radius 2 is 1.80 bits per heavy atom. The van der Waals surface area contributed by atoms with Crippen LogP contribution >= 0.6 is 0 Å². The van der Waals surface area contributed by atoms with Gasteiger partial charge in [-0.1, -0.05) is 24.3 Å². The molecule has 1 atom stereocenters. The number of alkyl halides is 3. The van der Waals surface area contributed by atoms with Gasteiger partial charge in [0.05, 0.1) is 24.9 Å². The molecule has 0 saturated carbocycles. The second kappa shape index (κ2) is 11.1. The first-order valence-corrected chi connectivity index (χ1v) is 14.1. The minimum absolute atomic E-state index is 0.0361. The number of sulfonamides is 1. The monoisotopic (exact) mass is 587 g/mol. The van der Waals surface area contributed by atoms with Gasteiger partial charge in [-0.25, -0.2) is 13.4 Å². The van der Waals surface area contributed by atoms with Crippen molar-refractivity contribution in [3.63, 3.8) is 0 Å². The third kappa shape index (κ3) is 6.15. The van der Waals surface area contributed by atoms with Gasteiger partial charge in [0, 0.05) is 38.1 Å². The fourth-order valence-electron chi connectivity index (χ4n) is 4.42. The van der Waals surface area contributed by atoms with Crippen LogP contribution in [0, 0.1) is 0 Å². The molecule has 2 aromatic carbocycles. The highest BCUT2D eigenvalue weighted by Crippen LogP contribution is 2.34. The summed E-state index contributed by atoms with van der Waals surface area (Å²) in [5, 5.41) is 3.12. The largest absolute Gasteiger partial charge is 0.497 e. The minimum atomic E-state index is -4.43. The number of pyridine rings is 1. The van der Waals surface area contributed by atoms with Crippen molar-refractivity contribution >= 4 is 15.8 Å². The van der Waals surface area contributed by atoms with Crippen LogP contribution in [0.3, 0.4) is 0 Å². The molecular weight excluding hydrogens is 559 g/mol. The van der Waals surface area contributed by atoms with Gasteiger partial charge in [0.25, 0.3) is 6.01 Å². The first-order valence-electron chi connectivity index (χ1n) is 12.7. The number of benzene rings is 2. The van der Waals surface area contributed by atoms with Crippen molar-refractivity contribution < 1.29 is 31.1 Å². The second-order valence-corrected chi connectivity index (χ2v) is 11.8. The van der Waals surface area contributed by atoms with E-state index in [9.17, 15) is 21.6 Å². The smallest absolute Gasteiger partial charge is 0.416 e. The quantitative estimate of drug-likeness (QED) is 0.288. The highest BCUT2D eigenvalue weighted by molar-refractivity contribution is 7.89. The lowest BCUT2D eigenvalue weighted by Crippen LogP contribution is -2.26. The summed E-state index contributed by atoms with van der Waals surface area (Å²) in [5.74, 6) is 0.990. The summed E-state index contributed by atoms with van der Waals surface area (Å²) < 4.78 is 79.8. The number of aromatic nitrogens is 3. The van der Waals surface area contributed by atoms with E-state index in [1.54, 1.807) is 37.6 Å². The Balaban J connectivity index is 1.43. The van der Waals surface area contributed by atoms with Crippen LogP contribution in [0.2, 0.25) is 0 Å². The van der Waals surface area contributed by atoms with Crippen molar-refractivity contribution in [3.05, 3.63) is 83.7 Å². The number of imidazole rings is 1. The summed E-state index contributed by atoms with van der Waals surface area (Å²) in [5.41, 5.74) is 1.48. The number of methoxy groups -OCH3 is 1. The lowest BCUT2D eigenvalue weighted by atomic mass is 10.1. The predicted molar refractivity (Wildman–Crippen MR) is 146 cm³/mol. The zero-order valence-electron chi connectivity index (χ0n) is 22.5. The summed E-state index contributed by atoms with van der Waals surface area (Å²) in [7, 11) is -0.912. The van der Waals surface area contributed by atoms with Crippen LogP contribution in [-0.4, -0.2) is 47.5 Å². The van der Waals surface area contributed by atoms with Crippen molar-refractivity contribution in [2.75, 3.05) is 19.5 Å². The molecule has 0 fully saturated rings. The zero-order chi connectivity index (χ0) is 29.4. The van der Waals surface area contributed by atoms with Crippen molar-refractivity contribution in [3.8, 4) is 23.0 Å². The average Bonchev–Trinajstić information content (AvgIpc) is 3.49. The first-order chi connectivity index (χ1) is 19.4. The van der Waals surface area contributed by atoms with Crippen LogP contribution in [0.15, 0.2) is 71.9 Å². The van der Waals surface area contributed by atoms with E-state index in [-0.39, 0.29) is 24.1 Å². The fourth-order valence-corrected chi connectivity index (χ4v) is 5.55. The van der Waals surface area contributed by atoms with Gasteiger partial charge >= 0.3 is 6.18 Å². The number of anilines is 1. The van der Waals surface area contributed by atoms with Crippen molar-refractivity contribution in [1.82, 2.24) is 18.8 Å². The summed E-state index contributed by atoms with van der Waals surface area (Å²) in [4.78, 5) is 8.90. The molecule has 0 amide bonds. The molecular formula is C28H28F3N5O4S. The molecule has 5 rings (SSSR count). The highest BCUT2D eigenvalue weighted by Gasteiger charge is 2.30. The van der Waals surface area contributed by atoms with Gasteiger partial charge in [0.1, 0.15) is 22.6 Å². The number of nitrogens with one attached hydrogen (secondary N) is 1. The standard InChI is InChI=1S/C28H28F3N5O4S/c1-18-15-36-17-25(34-27(36)40-18)24-12-23(41(37,38)35(2)16-20-6-10-22(39-3)11-7-20)14-33-26(24)32-13-19-4-8-21(9-5-19)28(29,30)31/h4-12,14,17-18H,13,15-16H2,1-3H3,(H,32,33)/t18-/m1/s1. The maximum Gasteiger partial charge on any atom is 0.416 e. The Morgan fingerprint density at radius 1 is 1.12 bits per heavy atom. The number of hydrogen-bond acceptors (Lipinski definition) is 7. The second-order valence-electron chi connectivity index (χ2n) is 9.71. The highest BCUT2D eigenvalue weighted by atomic mass is 32.2. The third-order valence-electron chi connectivity index (χ3n) is 6.65. The number of rotatable bonds is 9. The maximum absolute atomic E-state index is 13.5. The number of fused-ring (bicyclic) bond motifs is 1. The van der Waals surface area contributed by atoms with Crippen LogP contribution in [-0.2, 0) is 35.8 Å². The summed E-state index contributed by atoms with van der Waals surface area (Å²) >= 11 is 0. The maximum atomic E-state index is 13.5. The normalized spacial score (nSPS) is 15.0. The molecule has 3 heterocycles. The molecule has 4 aromatic rings. The van der Waals surface area contributed by atoms with E-state index in [1.165, 1.54) is 35.7 Å². The lowest BCUT2D eigenvalue weighted by Gasteiger charge is -2.19. The van der Waals surface area contributed by atoms with E-state index >= 15 is 0 Å². The summed E-state index contributed by atoms with van der Waals surface area (Å²) in [6, 6.07) is 13.8. The van der Waals surface area contributed by atoms with Gasteiger partial charge in [0.15, 0.2) is 0 Å². The van der Waals surface area contributed by atoms with Gasteiger partial charge in [-0.15, -0.1) is 0 Å². The molecule has 0 spiro atoms. The average molecular weight is 588 g/mol. The lowest BCUT2D eigenvalue weighted by molar-refractivity contribution is -0.137. The van der Waals surface area contributed by atoms with Gasteiger partial charge in [-0.3, -0.25) is 4.57 Å². The molecule has 1 aliphatic rings. The fraction of sp³-hybridized carbons (Fsp3) is 0.286. The molecule has 1 N–H and O–H groups in total. The van der Waals surface area contributed by atoms with Gasteiger partial charge in [-0.05, 0) is 48.4 Å². The van der Waals surface area contributed by atoms with Crippen LogP contribution in [0.1, 0.15) is 23.6 Å². The molecule has 41 heavy (non-hydrogen) atoms. The zero-order valence-corrected chi connectivity index (χ0v) is 23.3. The Labute approximate surface area is 235 Å². The number of halogens is 3. The third-order valence-corrected chi connectivity index (χ3v) is 8.42. The number of hydrogen-bond donors (Lipinski definition) is 1. The molecule has 9 nitrogen and oxygen atoms in total. The van der Waals surface area contributed by atoms with E-state index in [4.69, 9.17) is 9.47 Å². The molecule has 13 heteroatoms. The van der Waals surface area contributed by atoms with E-state index < -0.39 is 21.8 Å². The number of nitrogens with zero attached hydrogens (tertiary/aromatic N) is 4. The Bertz CT molecular complexity index is 1620. The van der Waals surface area contributed by atoms with Gasteiger partial charge < -0.3 is 14.8 Å². The molecule has 216 valence electrons. The van der Waals surface area contributed by atoms with Crippen molar-refractivity contribution in [2.45, 2.75) is 43.7 Å². The van der Waals surface area contributed by atoms with Gasteiger partial charge in [-0.2, -0.15) is 22.5 Å². The summed E-state index contributed by atoms with van der Waals surface area (Å²) in [6.07, 6.45) is -1.46. The summed E-state index contributed by atoms with van der Waals surface area (Å²) in [6.45, 7) is 2.79. The Morgan fingerprint density at radius 3 is 2.44 bits per heavy atom.